The molecule has 2 aromatic rings. The highest BCUT2D eigenvalue weighted by molar-refractivity contribution is 7.80. The van der Waals surface area contributed by atoms with Crippen LogP contribution in [0.4, 0.5) is 5.82 Å². The topological polar surface area (TPSA) is 199 Å². The molecule has 0 radical (unpaired) electrons. The van der Waals surface area contributed by atoms with Crippen molar-refractivity contribution in [2.75, 3.05) is 12.3 Å². The molecule has 8 N–H and O–H groups in total. The number of fused-ring (bicyclic) bond motifs is 1. The van der Waals surface area contributed by atoms with E-state index in [9.17, 15) is 14.8 Å². The van der Waals surface area contributed by atoms with Crippen molar-refractivity contribution in [3.8, 4) is 0 Å². The molecular formula is C12H16N5O7PS. The highest BCUT2D eigenvalue weighted by atomic mass is 32.1. The number of phosphoric ester groups is 1. The van der Waals surface area contributed by atoms with Gasteiger partial charge >= 0.3 is 7.82 Å². The second-order valence-corrected chi connectivity index (χ2v) is 7.28. The number of hydrogen-bond acceptors (Lipinski definition) is 9. The molecule has 14 heteroatoms. The van der Waals surface area contributed by atoms with Gasteiger partial charge in [-0.2, -0.15) is 0 Å². The molecule has 0 amide bonds. The van der Waals surface area contributed by atoms with Crippen molar-refractivity contribution < 1.29 is 33.8 Å². The molecule has 1 saturated heterocycles. The Bertz CT molecular complexity index is 901. The van der Waals surface area contributed by atoms with Gasteiger partial charge < -0.3 is 40.8 Å². The first-order valence-corrected chi connectivity index (χ1v) is 9.16. The van der Waals surface area contributed by atoms with Crippen LogP contribution >= 0.6 is 20.0 Å². The van der Waals surface area contributed by atoms with Gasteiger partial charge in [-0.25, -0.2) is 14.5 Å². The average Bonchev–Trinajstić information content (AvgIpc) is 3.06. The molecule has 0 saturated carbocycles. The zero-order valence-corrected chi connectivity index (χ0v) is 14.7. The molecule has 12 nitrogen and oxygen atoms in total. The Labute approximate surface area is 151 Å². The fraction of sp³-hybridized carbons (Fsp3) is 0.417. The second-order valence-electron chi connectivity index (χ2n) is 5.60. The van der Waals surface area contributed by atoms with Crippen LogP contribution in [0.15, 0.2) is 12.5 Å². The molecule has 0 aliphatic carbocycles. The minimum atomic E-state index is -4.76. The summed E-state index contributed by atoms with van der Waals surface area (Å²) in [5.41, 5.74) is 12.2. The molecule has 1 fully saturated rings. The molecule has 2 aromatic heterocycles. The van der Waals surface area contributed by atoms with Crippen molar-refractivity contribution in [1.29, 1.82) is 0 Å². The van der Waals surface area contributed by atoms with Crippen molar-refractivity contribution in [1.82, 2.24) is 14.5 Å². The number of ether oxygens (including phenoxy) is 1. The van der Waals surface area contributed by atoms with Gasteiger partial charge in [-0.15, -0.1) is 0 Å². The molecule has 142 valence electrons. The summed E-state index contributed by atoms with van der Waals surface area (Å²) >= 11 is 4.99. The van der Waals surface area contributed by atoms with Crippen LogP contribution in [0.5, 0.6) is 0 Å². The summed E-state index contributed by atoms with van der Waals surface area (Å²) in [7, 11) is -4.76. The highest BCUT2D eigenvalue weighted by Crippen LogP contribution is 2.39. The van der Waals surface area contributed by atoms with Crippen LogP contribution in [0.1, 0.15) is 11.8 Å². The quantitative estimate of drug-likeness (QED) is 0.246. The number of nitrogen functional groups attached to an aromatic ring is 1. The molecule has 0 aromatic carbocycles. The molecule has 3 heterocycles. The van der Waals surface area contributed by atoms with E-state index in [1.165, 1.54) is 17.1 Å². The van der Waals surface area contributed by atoms with E-state index in [0.29, 0.717) is 10.9 Å². The summed E-state index contributed by atoms with van der Waals surface area (Å²) in [4.78, 5) is 25.5. The van der Waals surface area contributed by atoms with E-state index < -0.39 is 39.0 Å². The maximum absolute atomic E-state index is 10.8. The summed E-state index contributed by atoms with van der Waals surface area (Å²) in [5, 5.41) is 20.8. The van der Waals surface area contributed by atoms with Gasteiger partial charge in [0.2, 0.25) is 0 Å². The minimum Gasteiger partial charge on any atom is -0.389 e. The Morgan fingerprint density at radius 3 is 2.69 bits per heavy atom. The van der Waals surface area contributed by atoms with Gasteiger partial charge in [-0.05, 0) is 0 Å². The Balaban J connectivity index is 1.98. The number of aliphatic hydroxyl groups is 2. The number of aromatic nitrogens is 3. The van der Waals surface area contributed by atoms with Crippen LogP contribution in [-0.2, 0) is 13.8 Å². The zero-order chi connectivity index (χ0) is 19.2. The first kappa shape index (κ1) is 19.1. The van der Waals surface area contributed by atoms with Crippen LogP contribution in [-0.4, -0.2) is 64.4 Å². The maximum atomic E-state index is 10.8. The number of aliphatic hydroxyl groups excluding tert-OH is 2. The van der Waals surface area contributed by atoms with E-state index in [0.717, 1.165) is 0 Å². The Morgan fingerprint density at radius 2 is 2.08 bits per heavy atom. The lowest BCUT2D eigenvalue weighted by molar-refractivity contribution is -0.0501. The minimum absolute atomic E-state index is 0.0182. The Morgan fingerprint density at radius 1 is 1.38 bits per heavy atom. The van der Waals surface area contributed by atoms with Gasteiger partial charge in [0.1, 0.15) is 41.1 Å². The number of phosphoric acid groups is 1. The van der Waals surface area contributed by atoms with Gasteiger partial charge in [0.15, 0.2) is 6.23 Å². The molecule has 1 aliphatic heterocycles. The monoisotopic (exact) mass is 405 g/mol. The molecule has 4 atom stereocenters. The first-order valence-electron chi connectivity index (χ1n) is 7.22. The van der Waals surface area contributed by atoms with Crippen molar-refractivity contribution in [3.05, 3.63) is 18.1 Å². The van der Waals surface area contributed by atoms with E-state index in [1.54, 1.807) is 0 Å². The van der Waals surface area contributed by atoms with Gasteiger partial charge in [0.25, 0.3) is 0 Å². The molecule has 26 heavy (non-hydrogen) atoms. The summed E-state index contributed by atoms with van der Waals surface area (Å²) in [6, 6.07) is 0. The maximum Gasteiger partial charge on any atom is 0.469 e. The predicted octanol–water partition coefficient (Wildman–Crippen LogP) is -1.62. The Hall–Kier alpha value is -1.70. The fourth-order valence-electron chi connectivity index (χ4n) is 2.76. The number of anilines is 1. The van der Waals surface area contributed by atoms with Crippen molar-refractivity contribution >= 4 is 41.9 Å². The lowest BCUT2D eigenvalue weighted by Gasteiger charge is -2.17. The highest BCUT2D eigenvalue weighted by Gasteiger charge is 2.45. The first-order chi connectivity index (χ1) is 12.1. The second kappa shape index (κ2) is 6.79. The van der Waals surface area contributed by atoms with E-state index in [-0.39, 0.29) is 16.5 Å². The fourth-order valence-corrected chi connectivity index (χ4v) is 3.25. The smallest absolute Gasteiger partial charge is 0.389 e. The summed E-state index contributed by atoms with van der Waals surface area (Å²) < 4.78 is 22.1. The van der Waals surface area contributed by atoms with Gasteiger partial charge in [-0.1, -0.05) is 12.2 Å². The van der Waals surface area contributed by atoms with Crippen molar-refractivity contribution in [2.45, 2.75) is 24.5 Å². The molecule has 0 unspecified atom stereocenters. The molecule has 3 rings (SSSR count). The lowest BCUT2D eigenvalue weighted by Crippen LogP contribution is -2.33. The van der Waals surface area contributed by atoms with Crippen molar-refractivity contribution in [3.63, 3.8) is 0 Å². The third-order valence-electron chi connectivity index (χ3n) is 3.92. The summed E-state index contributed by atoms with van der Waals surface area (Å²) in [6.07, 6.45) is -2.58. The van der Waals surface area contributed by atoms with E-state index in [1.807, 2.05) is 0 Å². The van der Waals surface area contributed by atoms with Gasteiger partial charge in [0, 0.05) is 11.8 Å². The van der Waals surface area contributed by atoms with Crippen LogP contribution < -0.4 is 11.5 Å². The van der Waals surface area contributed by atoms with Crippen LogP contribution in [0, 0.1) is 0 Å². The van der Waals surface area contributed by atoms with Crippen LogP contribution in [0.3, 0.4) is 0 Å². The SMILES string of the molecule is NC(=S)c1cn([C@@H]2O[C@H](COP(=O)(O)O)[C@@H](O)[C@@H]2O)c2ncnc(N)c12. The number of hydrogen-bond donors (Lipinski definition) is 6. The van der Waals surface area contributed by atoms with Crippen molar-refractivity contribution in [2.24, 2.45) is 5.73 Å². The number of thiocarbonyl (C=S) groups is 1. The number of nitrogens with two attached hydrogens (primary N) is 2. The zero-order valence-electron chi connectivity index (χ0n) is 13.0. The average molecular weight is 405 g/mol. The molecule has 0 spiro atoms. The van der Waals surface area contributed by atoms with Gasteiger partial charge in [0.05, 0.1) is 12.0 Å². The van der Waals surface area contributed by atoms with E-state index >= 15 is 0 Å². The largest absolute Gasteiger partial charge is 0.469 e. The standard InChI is InChI=1S/C12H16N5O7PS/c13-9-6-4(10(14)26)1-17(11(6)16-3-15-9)12-8(19)7(18)5(24-12)2-23-25(20,21)22/h1,3,5,7-8,12,18-19H,2H2,(H2,14,26)(H2,13,15,16)(H2,20,21,22)/t5-,7-,8+,12-/m1/s1. The predicted molar refractivity (Wildman–Crippen MR) is 91.7 cm³/mol. The van der Waals surface area contributed by atoms with E-state index in [4.69, 9.17) is 38.2 Å². The summed E-state index contributed by atoms with van der Waals surface area (Å²) in [6.45, 7) is -0.627. The van der Waals surface area contributed by atoms with Crippen LogP contribution in [0.2, 0.25) is 0 Å². The normalized spacial score (nSPS) is 26.5. The molecule has 1 aliphatic rings. The lowest BCUT2D eigenvalue weighted by atomic mass is 10.1. The number of rotatable bonds is 5. The van der Waals surface area contributed by atoms with Crippen LogP contribution in [0.25, 0.3) is 11.0 Å². The third-order valence-corrected chi connectivity index (χ3v) is 4.63. The molecule has 0 bridgehead atoms. The number of nitrogens with zero attached hydrogens (tertiary/aromatic N) is 3. The van der Waals surface area contributed by atoms with E-state index in [2.05, 4.69) is 14.5 Å². The third kappa shape index (κ3) is 3.43. The summed E-state index contributed by atoms with van der Waals surface area (Å²) in [5.74, 6) is 0.117. The molecular weight excluding hydrogens is 389 g/mol. The van der Waals surface area contributed by atoms with Gasteiger partial charge in [-0.3, -0.25) is 4.52 Å². The Kier molecular flexibility index (Phi) is 4.98.